The molecule has 0 amide bonds. The highest BCUT2D eigenvalue weighted by Crippen LogP contribution is 2.23. The summed E-state index contributed by atoms with van der Waals surface area (Å²) in [6.07, 6.45) is 5.38. The fourth-order valence-electron chi connectivity index (χ4n) is 3.31. The second kappa shape index (κ2) is 9.61. The summed E-state index contributed by atoms with van der Waals surface area (Å²) in [7, 11) is 5.61. The third-order valence-electron chi connectivity index (χ3n) is 4.95. The van der Waals surface area contributed by atoms with Crippen LogP contribution in [0.1, 0.15) is 36.1 Å². The second-order valence-corrected chi connectivity index (χ2v) is 6.71. The highest BCUT2D eigenvalue weighted by molar-refractivity contribution is 5.79. The number of ether oxygens (including phenoxy) is 2. The van der Waals surface area contributed by atoms with E-state index in [2.05, 4.69) is 27.2 Å². The van der Waals surface area contributed by atoms with Crippen molar-refractivity contribution in [1.29, 1.82) is 0 Å². The van der Waals surface area contributed by atoms with Gasteiger partial charge in [0.25, 0.3) is 0 Å². The predicted molar refractivity (Wildman–Crippen MR) is 101 cm³/mol. The maximum Gasteiger partial charge on any atom is 0.193 e. The lowest BCUT2D eigenvalue weighted by molar-refractivity contribution is 0.0625. The predicted octanol–water partition coefficient (Wildman–Crippen LogP) is 2.53. The Morgan fingerprint density at radius 3 is 2.76 bits per heavy atom. The smallest absolute Gasteiger partial charge is 0.193 e. The van der Waals surface area contributed by atoms with E-state index in [-0.39, 0.29) is 0 Å². The maximum absolute atomic E-state index is 5.48. The lowest BCUT2D eigenvalue weighted by atomic mass is 9.96. The molecule has 25 heavy (non-hydrogen) atoms. The van der Waals surface area contributed by atoms with E-state index in [4.69, 9.17) is 9.47 Å². The Balaban J connectivity index is 1.89. The van der Waals surface area contributed by atoms with Crippen LogP contribution < -0.4 is 10.1 Å². The van der Waals surface area contributed by atoms with Crippen LogP contribution >= 0.6 is 0 Å². The number of nitrogens with zero attached hydrogens (tertiary/aromatic N) is 3. The number of pyridine rings is 1. The number of aromatic nitrogens is 1. The first-order valence-corrected chi connectivity index (χ1v) is 9.05. The third-order valence-corrected chi connectivity index (χ3v) is 4.95. The van der Waals surface area contributed by atoms with Crippen molar-refractivity contribution in [1.82, 2.24) is 15.2 Å². The third kappa shape index (κ3) is 5.33. The average molecular weight is 348 g/mol. The minimum atomic E-state index is 0.636. The summed E-state index contributed by atoms with van der Waals surface area (Å²) in [6, 6.07) is 0. The first-order valence-electron chi connectivity index (χ1n) is 9.05. The molecule has 0 saturated carbocycles. The van der Waals surface area contributed by atoms with E-state index in [1.54, 1.807) is 7.11 Å². The molecule has 0 aliphatic carbocycles. The Bertz CT molecular complexity index is 583. The van der Waals surface area contributed by atoms with Crippen molar-refractivity contribution in [2.75, 3.05) is 41.0 Å². The number of aliphatic imine (C=N–C) groups is 1. The Morgan fingerprint density at radius 1 is 1.40 bits per heavy atom. The average Bonchev–Trinajstić information content (AvgIpc) is 2.63. The molecule has 0 radical (unpaired) electrons. The Kier molecular flexibility index (Phi) is 7.50. The van der Waals surface area contributed by atoms with Crippen molar-refractivity contribution in [3.63, 3.8) is 0 Å². The lowest BCUT2D eigenvalue weighted by Crippen LogP contribution is -2.40. The summed E-state index contributed by atoms with van der Waals surface area (Å²) in [5.74, 6) is 2.57. The highest BCUT2D eigenvalue weighted by atomic mass is 16.5. The lowest BCUT2D eigenvalue weighted by Gasteiger charge is -2.27. The largest absolute Gasteiger partial charge is 0.496 e. The molecular formula is C19H32N4O2. The molecular weight excluding hydrogens is 316 g/mol. The molecule has 1 N–H and O–H groups in total. The highest BCUT2D eigenvalue weighted by Gasteiger charge is 2.16. The van der Waals surface area contributed by atoms with Gasteiger partial charge in [0.15, 0.2) is 5.96 Å². The minimum absolute atomic E-state index is 0.636. The van der Waals surface area contributed by atoms with Crippen LogP contribution in [0.15, 0.2) is 11.2 Å². The van der Waals surface area contributed by atoms with Gasteiger partial charge >= 0.3 is 0 Å². The first kappa shape index (κ1) is 19.5. The van der Waals surface area contributed by atoms with E-state index in [1.807, 2.05) is 27.1 Å². The van der Waals surface area contributed by atoms with Crippen molar-refractivity contribution in [3.8, 4) is 5.75 Å². The van der Waals surface area contributed by atoms with E-state index >= 15 is 0 Å². The number of hydrogen-bond donors (Lipinski definition) is 1. The summed E-state index contributed by atoms with van der Waals surface area (Å²) in [5.41, 5.74) is 3.12. The van der Waals surface area contributed by atoms with Crippen LogP contribution in [-0.4, -0.2) is 56.8 Å². The van der Waals surface area contributed by atoms with Crippen molar-refractivity contribution >= 4 is 5.96 Å². The van der Waals surface area contributed by atoms with Crippen LogP contribution in [0.5, 0.6) is 5.75 Å². The zero-order chi connectivity index (χ0) is 18.2. The fraction of sp³-hybridized carbons (Fsp3) is 0.684. The van der Waals surface area contributed by atoms with E-state index in [9.17, 15) is 0 Å². The molecule has 140 valence electrons. The van der Waals surface area contributed by atoms with Crippen molar-refractivity contribution in [2.45, 2.75) is 39.7 Å². The molecule has 6 heteroatoms. The molecule has 1 aliphatic heterocycles. The van der Waals surface area contributed by atoms with Crippen molar-refractivity contribution < 1.29 is 9.47 Å². The number of nitrogens with one attached hydrogen (secondary N) is 1. The number of aryl methyl sites for hydroxylation is 1. The molecule has 1 aromatic rings. The standard InChI is InChI=1S/C19H32N4O2/c1-14-12-21-17(15(2)18(14)24-5)13-22-19(20-3)23(4)9-6-16-7-10-25-11-8-16/h12,16H,6-11,13H2,1-5H3,(H,20,22). The molecule has 0 spiro atoms. The quantitative estimate of drug-likeness (QED) is 0.632. The van der Waals surface area contributed by atoms with E-state index in [0.29, 0.717) is 6.54 Å². The SMILES string of the molecule is CN=C(NCc1ncc(C)c(OC)c1C)N(C)CCC1CCOCC1. The Labute approximate surface area is 151 Å². The number of guanidine groups is 1. The summed E-state index contributed by atoms with van der Waals surface area (Å²) in [6.45, 7) is 7.50. The van der Waals surface area contributed by atoms with Crippen LogP contribution in [0.3, 0.4) is 0 Å². The van der Waals surface area contributed by atoms with Gasteiger partial charge in [-0.2, -0.15) is 0 Å². The molecule has 1 aromatic heterocycles. The molecule has 6 nitrogen and oxygen atoms in total. The molecule has 2 rings (SSSR count). The van der Waals surface area contributed by atoms with Crippen molar-refractivity contribution in [3.05, 3.63) is 23.0 Å². The van der Waals surface area contributed by atoms with E-state index in [0.717, 1.165) is 54.2 Å². The monoisotopic (exact) mass is 348 g/mol. The molecule has 0 bridgehead atoms. The van der Waals surface area contributed by atoms with Gasteiger partial charge in [-0.1, -0.05) is 0 Å². The molecule has 2 heterocycles. The summed E-state index contributed by atoms with van der Waals surface area (Å²) < 4.78 is 10.9. The zero-order valence-corrected chi connectivity index (χ0v) is 16.3. The summed E-state index contributed by atoms with van der Waals surface area (Å²) in [4.78, 5) is 11.1. The normalized spacial score (nSPS) is 16.0. The van der Waals surface area contributed by atoms with Gasteiger partial charge in [0, 0.05) is 51.2 Å². The summed E-state index contributed by atoms with van der Waals surface area (Å²) >= 11 is 0. The molecule has 0 atom stereocenters. The molecule has 0 aromatic carbocycles. The van der Waals surface area contributed by atoms with Gasteiger partial charge in [0.05, 0.1) is 19.3 Å². The summed E-state index contributed by atoms with van der Waals surface area (Å²) in [5, 5.41) is 3.42. The van der Waals surface area contributed by atoms with Crippen LogP contribution in [0.25, 0.3) is 0 Å². The molecule has 0 unspecified atom stereocenters. The topological polar surface area (TPSA) is 59.0 Å². The molecule has 1 saturated heterocycles. The van der Waals surface area contributed by atoms with Crippen LogP contribution in [0, 0.1) is 19.8 Å². The number of hydrogen-bond acceptors (Lipinski definition) is 4. The second-order valence-electron chi connectivity index (χ2n) is 6.71. The number of methoxy groups -OCH3 is 1. The van der Waals surface area contributed by atoms with Gasteiger partial charge in [0.2, 0.25) is 0 Å². The van der Waals surface area contributed by atoms with Gasteiger partial charge in [-0.3, -0.25) is 9.98 Å². The molecule has 1 fully saturated rings. The maximum atomic E-state index is 5.48. The van der Waals surface area contributed by atoms with Gasteiger partial charge in [-0.05, 0) is 39.0 Å². The van der Waals surface area contributed by atoms with Gasteiger partial charge in [-0.25, -0.2) is 0 Å². The van der Waals surface area contributed by atoms with Crippen LogP contribution in [0.2, 0.25) is 0 Å². The van der Waals surface area contributed by atoms with Crippen LogP contribution in [-0.2, 0) is 11.3 Å². The van der Waals surface area contributed by atoms with Crippen molar-refractivity contribution in [2.24, 2.45) is 10.9 Å². The molecule has 1 aliphatic rings. The van der Waals surface area contributed by atoms with Gasteiger partial charge in [-0.15, -0.1) is 0 Å². The van der Waals surface area contributed by atoms with Gasteiger partial charge in [0.1, 0.15) is 5.75 Å². The van der Waals surface area contributed by atoms with E-state index in [1.165, 1.54) is 19.3 Å². The van der Waals surface area contributed by atoms with E-state index < -0.39 is 0 Å². The van der Waals surface area contributed by atoms with Crippen LogP contribution in [0.4, 0.5) is 0 Å². The van der Waals surface area contributed by atoms with Gasteiger partial charge < -0.3 is 19.7 Å². The Morgan fingerprint density at radius 2 is 2.12 bits per heavy atom. The minimum Gasteiger partial charge on any atom is -0.496 e. The fourth-order valence-corrected chi connectivity index (χ4v) is 3.31. The Hall–Kier alpha value is -1.82. The number of rotatable bonds is 6. The zero-order valence-electron chi connectivity index (χ0n) is 16.3. The first-order chi connectivity index (χ1) is 12.1.